The van der Waals surface area contributed by atoms with Gasteiger partial charge in [-0.25, -0.2) is 8.22 Å². The van der Waals surface area contributed by atoms with Gasteiger partial charge in [-0.15, -0.1) is 6.58 Å². The summed E-state index contributed by atoms with van der Waals surface area (Å²) in [7, 11) is -6.46. The Hall–Kier alpha value is -0.00623. The molecule has 0 heterocycles. The first-order valence-corrected chi connectivity index (χ1v) is 8.74. The molecule has 0 spiro atoms. The van der Waals surface area contributed by atoms with Gasteiger partial charge in [-0.1, -0.05) is 6.08 Å². The number of rotatable bonds is 4. The lowest BCUT2D eigenvalue weighted by Crippen LogP contribution is -2.40. The van der Waals surface area contributed by atoms with E-state index in [0.29, 0.717) is 0 Å². The molecule has 0 aromatic heterocycles. The Kier molecular flexibility index (Phi) is 3.59. The summed E-state index contributed by atoms with van der Waals surface area (Å²) < 4.78 is 30.3. The van der Waals surface area contributed by atoms with Crippen LogP contribution in [0.3, 0.4) is 0 Å². The number of halogens is 2. The Bertz CT molecular complexity index is 142. The highest BCUT2D eigenvalue weighted by atomic mass is 28.5. The third-order valence-corrected chi connectivity index (χ3v) is 5.25. The predicted octanol–water partition coefficient (Wildman–Crippen LogP) is 2.90. The summed E-state index contributed by atoms with van der Waals surface area (Å²) >= 11 is 0. The fraction of sp³-hybridized carbons (Fsp3) is 0.667. The second kappa shape index (κ2) is 3.60. The maximum absolute atomic E-state index is 12.8. The minimum absolute atomic E-state index is 0.267. The number of allylic oxidation sites excluding steroid dienone is 1. The fourth-order valence-electron chi connectivity index (χ4n) is 0.658. The average molecular weight is 196 g/mol. The van der Waals surface area contributed by atoms with Crippen LogP contribution in [-0.2, 0) is 4.12 Å². The van der Waals surface area contributed by atoms with Gasteiger partial charge >= 0.3 is 8.99 Å². The molecule has 0 fully saturated rings. The molecule has 0 radical (unpaired) electrons. The molecule has 0 amide bonds. The van der Waals surface area contributed by atoms with E-state index >= 15 is 0 Å². The normalized spacial score (nSPS) is 13.2. The van der Waals surface area contributed by atoms with E-state index in [4.69, 9.17) is 4.12 Å². The van der Waals surface area contributed by atoms with Gasteiger partial charge in [0.05, 0.1) is 0 Å². The van der Waals surface area contributed by atoms with Crippen LogP contribution in [-0.4, -0.2) is 17.3 Å². The second-order valence-electron chi connectivity index (χ2n) is 3.34. The van der Waals surface area contributed by atoms with Crippen molar-refractivity contribution >= 4 is 17.3 Å². The van der Waals surface area contributed by atoms with Gasteiger partial charge in [-0.3, -0.25) is 0 Å². The summed E-state index contributed by atoms with van der Waals surface area (Å²) in [6, 6.07) is -0.267. The molecule has 0 unspecified atom stereocenters. The van der Waals surface area contributed by atoms with Crippen LogP contribution in [0.5, 0.6) is 0 Å². The monoisotopic (exact) mass is 196 g/mol. The zero-order valence-electron chi connectivity index (χ0n) is 7.16. The molecular formula is C6H14F2OSi2. The van der Waals surface area contributed by atoms with Crippen LogP contribution in [0.1, 0.15) is 0 Å². The van der Waals surface area contributed by atoms with Crippen molar-refractivity contribution in [3.05, 3.63) is 12.7 Å². The van der Waals surface area contributed by atoms with Crippen LogP contribution in [0.2, 0.25) is 25.7 Å². The zero-order chi connectivity index (χ0) is 9.12. The standard InChI is InChI=1S/C6H14F2OSi2/c1-5-6-11(7,8)9-10(2,3)4/h5H,1,6H2,2-4H3. The summed E-state index contributed by atoms with van der Waals surface area (Å²) in [5.74, 6) is 0. The van der Waals surface area contributed by atoms with Gasteiger partial charge in [0, 0.05) is 6.04 Å². The molecule has 0 aromatic carbocycles. The van der Waals surface area contributed by atoms with Crippen molar-refractivity contribution in [3.8, 4) is 0 Å². The number of hydrogen-bond donors (Lipinski definition) is 0. The molecule has 5 heteroatoms. The zero-order valence-corrected chi connectivity index (χ0v) is 9.16. The topological polar surface area (TPSA) is 9.23 Å². The molecule has 0 aromatic rings. The summed E-state index contributed by atoms with van der Waals surface area (Å²) in [5, 5.41) is 0. The summed E-state index contributed by atoms with van der Waals surface area (Å²) in [5.41, 5.74) is 0. The lowest BCUT2D eigenvalue weighted by molar-refractivity contribution is 0.377. The van der Waals surface area contributed by atoms with Gasteiger partial charge in [0.15, 0.2) is 8.32 Å². The van der Waals surface area contributed by atoms with Gasteiger partial charge in [0.25, 0.3) is 0 Å². The molecular weight excluding hydrogens is 182 g/mol. The van der Waals surface area contributed by atoms with Crippen LogP contribution >= 0.6 is 0 Å². The van der Waals surface area contributed by atoms with Gasteiger partial charge in [-0.2, -0.15) is 0 Å². The van der Waals surface area contributed by atoms with Crippen molar-refractivity contribution in [3.63, 3.8) is 0 Å². The first-order chi connectivity index (χ1) is 4.77. The van der Waals surface area contributed by atoms with E-state index in [1.807, 2.05) is 0 Å². The maximum atomic E-state index is 12.8. The first-order valence-electron chi connectivity index (χ1n) is 3.46. The van der Waals surface area contributed by atoms with Crippen LogP contribution in [0.4, 0.5) is 8.22 Å². The Labute approximate surface area is 68.7 Å². The summed E-state index contributed by atoms with van der Waals surface area (Å²) in [4.78, 5) is 0. The molecule has 0 N–H and O–H groups in total. The molecule has 0 aliphatic carbocycles. The first kappa shape index (κ1) is 11.0. The SMILES string of the molecule is C=CC[Si](F)(F)O[Si](C)(C)C. The molecule has 0 saturated heterocycles. The third kappa shape index (κ3) is 6.39. The molecule has 0 rings (SSSR count). The fourth-order valence-corrected chi connectivity index (χ4v) is 4.91. The molecule has 1 nitrogen and oxygen atoms in total. The van der Waals surface area contributed by atoms with Crippen molar-refractivity contribution in [2.75, 3.05) is 0 Å². The average Bonchev–Trinajstić information content (AvgIpc) is 1.55. The van der Waals surface area contributed by atoms with Crippen LogP contribution in [0.15, 0.2) is 12.7 Å². The molecule has 0 aliphatic rings. The van der Waals surface area contributed by atoms with Crippen molar-refractivity contribution in [1.82, 2.24) is 0 Å². The van der Waals surface area contributed by atoms with E-state index < -0.39 is 17.3 Å². The molecule has 0 atom stereocenters. The Morgan fingerprint density at radius 1 is 1.36 bits per heavy atom. The Morgan fingerprint density at radius 2 is 1.82 bits per heavy atom. The van der Waals surface area contributed by atoms with Crippen molar-refractivity contribution < 1.29 is 12.3 Å². The van der Waals surface area contributed by atoms with Gasteiger partial charge in [-0.05, 0) is 19.6 Å². The van der Waals surface area contributed by atoms with Crippen molar-refractivity contribution in [1.29, 1.82) is 0 Å². The highest BCUT2D eigenvalue weighted by molar-refractivity contribution is 6.79. The van der Waals surface area contributed by atoms with E-state index in [9.17, 15) is 8.22 Å². The highest BCUT2D eigenvalue weighted by Crippen LogP contribution is 2.20. The summed E-state index contributed by atoms with van der Waals surface area (Å²) in [6.07, 6.45) is 1.23. The quantitative estimate of drug-likeness (QED) is 0.382. The second-order valence-corrected chi connectivity index (χ2v) is 10.1. The van der Waals surface area contributed by atoms with Gasteiger partial charge < -0.3 is 4.12 Å². The maximum Gasteiger partial charge on any atom is 0.571 e. The smallest absolute Gasteiger partial charge is 0.410 e. The molecule has 0 bridgehead atoms. The summed E-state index contributed by atoms with van der Waals surface area (Å²) in [6.45, 7) is 8.55. The lowest BCUT2D eigenvalue weighted by Gasteiger charge is -2.22. The van der Waals surface area contributed by atoms with E-state index in [-0.39, 0.29) is 6.04 Å². The minimum atomic E-state index is -4.40. The number of hydrogen-bond acceptors (Lipinski definition) is 1. The van der Waals surface area contributed by atoms with Crippen LogP contribution < -0.4 is 0 Å². The van der Waals surface area contributed by atoms with Gasteiger partial charge in [0.2, 0.25) is 0 Å². The highest BCUT2D eigenvalue weighted by Gasteiger charge is 2.41. The van der Waals surface area contributed by atoms with Crippen molar-refractivity contribution in [2.45, 2.75) is 25.7 Å². The minimum Gasteiger partial charge on any atom is -0.410 e. The molecule has 66 valence electrons. The van der Waals surface area contributed by atoms with Crippen LogP contribution in [0, 0.1) is 0 Å². The van der Waals surface area contributed by atoms with E-state index in [1.54, 1.807) is 19.6 Å². The van der Waals surface area contributed by atoms with Crippen molar-refractivity contribution in [2.24, 2.45) is 0 Å². The Morgan fingerprint density at radius 3 is 2.09 bits per heavy atom. The molecule has 0 aliphatic heterocycles. The molecule has 0 saturated carbocycles. The lowest BCUT2D eigenvalue weighted by atomic mass is 10.8. The van der Waals surface area contributed by atoms with Gasteiger partial charge in [0.1, 0.15) is 0 Å². The third-order valence-electron chi connectivity index (χ3n) is 0.837. The largest absolute Gasteiger partial charge is 0.571 e. The predicted molar refractivity (Wildman–Crippen MR) is 47.4 cm³/mol. The Balaban J connectivity index is 4.00. The van der Waals surface area contributed by atoms with E-state index in [0.717, 1.165) is 0 Å². The van der Waals surface area contributed by atoms with E-state index in [2.05, 4.69) is 6.58 Å². The van der Waals surface area contributed by atoms with E-state index in [1.165, 1.54) is 6.08 Å². The van der Waals surface area contributed by atoms with Crippen LogP contribution in [0.25, 0.3) is 0 Å². The molecule has 11 heavy (non-hydrogen) atoms.